The lowest BCUT2D eigenvalue weighted by molar-refractivity contribution is 0.584. The quantitative estimate of drug-likeness (QED) is 0.173. The molecule has 0 amide bonds. The van der Waals surface area contributed by atoms with E-state index < -0.39 is 14.5 Å². The molecule has 0 fully saturated rings. The topological polar surface area (TPSA) is 38.4 Å². The van der Waals surface area contributed by atoms with Crippen LogP contribution in [0.25, 0.3) is 61.1 Å². The lowest BCUT2D eigenvalue weighted by atomic mass is 9.62. The highest BCUT2D eigenvalue weighted by Gasteiger charge is 2.57. The standard InChI is InChI=1S/C65H42N2O2S/c68-70(60-33-17-11-27-48(60)49-28-12-18-34-61(49)70)62-35-19-13-29-50(62)51-37-36-43(40-63(51)70)59-38-39-64(69-59)67-56-32-16-14-30-53(56)65(44-20-4-1-5-21-44,45-22-6-2-7-23-45)54-41-52-47-26-10-15-31-55(47)66(57(52)42-58(54)67)46-24-8-3-9-25-46/h1-42H. The fourth-order valence-corrected chi connectivity index (χ4v) is 17.8. The molecule has 0 N–H and O–H groups in total. The molecule has 1 spiro atoms. The zero-order valence-corrected chi connectivity index (χ0v) is 38.7. The second-order valence-corrected chi connectivity index (χ2v) is 22.3. The Bertz CT molecular complexity index is 4090. The summed E-state index contributed by atoms with van der Waals surface area (Å²) >= 11 is 0. The smallest absolute Gasteiger partial charge is 0.205 e. The average molecular weight is 915 g/mol. The maximum Gasteiger partial charge on any atom is 0.205 e. The van der Waals surface area contributed by atoms with Gasteiger partial charge in [-0.25, -0.2) is 0 Å². The molecule has 3 aliphatic rings. The normalized spacial score (nSPS) is 15.6. The minimum atomic E-state index is -4.06. The Morgan fingerprint density at radius 2 is 0.929 bits per heavy atom. The molecule has 0 bridgehead atoms. The maximum absolute atomic E-state index is 17.3. The molecule has 10 aromatic carbocycles. The molecule has 330 valence electrons. The first-order valence-electron chi connectivity index (χ1n) is 23.9. The number of nitrogens with zero attached hydrogens (tertiary/aromatic N) is 2. The van der Waals surface area contributed by atoms with Crippen LogP contribution in [0.3, 0.4) is 0 Å². The first kappa shape index (κ1) is 39.2. The number of rotatable bonds is 5. The first-order chi connectivity index (χ1) is 34.6. The van der Waals surface area contributed by atoms with Crippen molar-refractivity contribution in [3.05, 3.63) is 277 Å². The molecular weight excluding hydrogens is 873 g/mol. The van der Waals surface area contributed by atoms with E-state index in [0.29, 0.717) is 11.6 Å². The highest BCUT2D eigenvalue weighted by Crippen LogP contribution is 2.71. The Morgan fingerprint density at radius 1 is 0.386 bits per heavy atom. The van der Waals surface area contributed by atoms with Crippen molar-refractivity contribution in [2.24, 2.45) is 0 Å². The number of fused-ring (bicyclic) bond motifs is 15. The Morgan fingerprint density at radius 3 is 1.59 bits per heavy atom. The van der Waals surface area contributed by atoms with Crippen LogP contribution in [0.15, 0.2) is 279 Å². The van der Waals surface area contributed by atoms with Crippen molar-refractivity contribution in [2.45, 2.75) is 25.0 Å². The molecule has 3 aliphatic heterocycles. The van der Waals surface area contributed by atoms with Crippen LogP contribution >= 0.6 is 0 Å². The molecule has 0 radical (unpaired) electrons. The van der Waals surface area contributed by atoms with Crippen molar-refractivity contribution in [1.29, 1.82) is 0 Å². The third-order valence-corrected chi connectivity index (χ3v) is 20.2. The molecule has 2 aromatic heterocycles. The van der Waals surface area contributed by atoms with E-state index in [1.54, 1.807) is 0 Å². The van der Waals surface area contributed by atoms with Crippen LogP contribution in [-0.2, 0) is 14.5 Å². The van der Waals surface area contributed by atoms with Crippen molar-refractivity contribution in [3.8, 4) is 39.3 Å². The molecule has 0 saturated carbocycles. The van der Waals surface area contributed by atoms with Crippen molar-refractivity contribution in [2.75, 3.05) is 4.90 Å². The molecule has 0 unspecified atom stereocenters. The molecule has 5 heteroatoms. The molecule has 5 heterocycles. The van der Waals surface area contributed by atoms with Crippen LogP contribution in [0.1, 0.15) is 22.3 Å². The molecule has 0 aliphatic carbocycles. The van der Waals surface area contributed by atoms with Gasteiger partial charge in [-0.3, -0.25) is 9.11 Å². The predicted molar refractivity (Wildman–Crippen MR) is 284 cm³/mol. The zero-order chi connectivity index (χ0) is 46.2. The van der Waals surface area contributed by atoms with Gasteiger partial charge in [0.25, 0.3) is 0 Å². The van der Waals surface area contributed by atoms with Gasteiger partial charge < -0.3 is 8.98 Å². The van der Waals surface area contributed by atoms with Crippen LogP contribution in [0.2, 0.25) is 0 Å². The molecule has 0 saturated heterocycles. The van der Waals surface area contributed by atoms with E-state index in [1.807, 2.05) is 18.2 Å². The van der Waals surface area contributed by atoms with E-state index in [1.165, 1.54) is 21.9 Å². The third kappa shape index (κ3) is 4.81. The fourth-order valence-electron chi connectivity index (χ4n) is 12.6. The molecule has 15 rings (SSSR count). The molecule has 0 atom stereocenters. The summed E-state index contributed by atoms with van der Waals surface area (Å²) in [5, 5.41) is 2.36. The summed E-state index contributed by atoms with van der Waals surface area (Å²) in [5.74, 6) is 1.37. The van der Waals surface area contributed by atoms with E-state index >= 15 is 4.21 Å². The van der Waals surface area contributed by atoms with Gasteiger partial charge >= 0.3 is 0 Å². The van der Waals surface area contributed by atoms with Crippen LogP contribution in [-0.4, -0.2) is 8.78 Å². The number of para-hydroxylation sites is 3. The largest absolute Gasteiger partial charge is 0.440 e. The lowest BCUT2D eigenvalue weighted by Gasteiger charge is -2.45. The summed E-state index contributed by atoms with van der Waals surface area (Å²) in [6, 6.07) is 90.5. The van der Waals surface area contributed by atoms with Crippen molar-refractivity contribution >= 4 is 48.1 Å². The Labute approximate surface area is 405 Å². The summed E-state index contributed by atoms with van der Waals surface area (Å²) in [5.41, 5.74) is 14.2. The SMILES string of the molecule is O=S12(c3ccccc3-c3ccccc31)c1ccccc1-c1ccc(-c3ccc(N4c5ccccc5C(c5ccccc5)(c5ccccc5)c5cc6c7ccccc7n(-c7ccccc7)c6cc54)o3)cc12. The monoisotopic (exact) mass is 914 g/mol. The summed E-state index contributed by atoms with van der Waals surface area (Å²) in [7, 11) is -4.06. The van der Waals surface area contributed by atoms with Gasteiger partial charge in [0.05, 0.1) is 27.8 Å². The predicted octanol–water partition coefficient (Wildman–Crippen LogP) is 16.5. The number of hydrogen-bond acceptors (Lipinski definition) is 3. The summed E-state index contributed by atoms with van der Waals surface area (Å²) in [4.78, 5) is 5.74. The Balaban J connectivity index is 0.996. The summed E-state index contributed by atoms with van der Waals surface area (Å²) < 4.78 is 27.0. The number of aromatic nitrogens is 1. The molecule has 12 aromatic rings. The van der Waals surface area contributed by atoms with Gasteiger partial charge in [0.2, 0.25) is 5.88 Å². The highest BCUT2D eigenvalue weighted by atomic mass is 32.3. The highest BCUT2D eigenvalue weighted by molar-refractivity contribution is 8.21. The van der Waals surface area contributed by atoms with Crippen molar-refractivity contribution < 1.29 is 8.63 Å². The van der Waals surface area contributed by atoms with E-state index in [9.17, 15) is 0 Å². The van der Waals surface area contributed by atoms with Crippen LogP contribution < -0.4 is 4.90 Å². The van der Waals surface area contributed by atoms with Crippen molar-refractivity contribution in [1.82, 2.24) is 4.57 Å². The second-order valence-electron chi connectivity index (χ2n) is 18.7. The van der Waals surface area contributed by atoms with Gasteiger partial charge in [-0.1, -0.05) is 182 Å². The lowest BCUT2D eigenvalue weighted by Crippen LogP contribution is -2.37. The van der Waals surface area contributed by atoms with Gasteiger partial charge in [0, 0.05) is 56.7 Å². The molecule has 70 heavy (non-hydrogen) atoms. The second kappa shape index (κ2) is 14.1. The zero-order valence-electron chi connectivity index (χ0n) is 37.9. The fraction of sp³-hybridized carbons (Fsp3) is 0.0154. The van der Waals surface area contributed by atoms with Crippen LogP contribution in [0.4, 0.5) is 17.3 Å². The minimum Gasteiger partial charge on any atom is -0.440 e. The van der Waals surface area contributed by atoms with Crippen molar-refractivity contribution in [3.63, 3.8) is 0 Å². The van der Waals surface area contributed by atoms with Crippen LogP contribution in [0, 0.1) is 0 Å². The number of benzene rings is 10. The van der Waals surface area contributed by atoms with E-state index in [2.05, 4.69) is 246 Å². The number of hydrogen-bond donors (Lipinski definition) is 0. The summed E-state index contributed by atoms with van der Waals surface area (Å²) in [6.45, 7) is 0. The molecule has 4 nitrogen and oxygen atoms in total. The van der Waals surface area contributed by atoms with Crippen LogP contribution in [0.5, 0.6) is 0 Å². The molecular formula is C65H42N2O2S. The average Bonchev–Trinajstić information content (AvgIpc) is 4.18. The van der Waals surface area contributed by atoms with Gasteiger partial charge in [-0.15, -0.1) is 0 Å². The van der Waals surface area contributed by atoms with Gasteiger partial charge in [0.1, 0.15) is 5.76 Å². The van der Waals surface area contributed by atoms with Gasteiger partial charge in [0.15, 0.2) is 0 Å². The van der Waals surface area contributed by atoms with E-state index in [-0.39, 0.29) is 0 Å². The Hall–Kier alpha value is -8.77. The first-order valence-corrected chi connectivity index (χ1v) is 25.9. The Kier molecular flexibility index (Phi) is 7.93. The third-order valence-electron chi connectivity index (χ3n) is 15.4. The van der Waals surface area contributed by atoms with E-state index in [0.717, 1.165) is 86.6 Å². The van der Waals surface area contributed by atoms with Gasteiger partial charge in [-0.05, 0) is 111 Å². The number of anilines is 3. The summed E-state index contributed by atoms with van der Waals surface area (Å²) in [6.07, 6.45) is 0. The number of furan rings is 1. The minimum absolute atomic E-state index is 0.682. The van der Waals surface area contributed by atoms with Gasteiger partial charge in [-0.2, -0.15) is 0 Å². The maximum atomic E-state index is 17.3. The van der Waals surface area contributed by atoms with E-state index in [4.69, 9.17) is 4.42 Å².